The Bertz CT molecular complexity index is 1160. The summed E-state index contributed by atoms with van der Waals surface area (Å²) in [5.41, 5.74) is 2.51. The first kappa shape index (κ1) is 18.8. The van der Waals surface area contributed by atoms with Crippen molar-refractivity contribution in [3.63, 3.8) is 0 Å². The molecule has 0 spiro atoms. The Balaban J connectivity index is 1.59. The quantitative estimate of drug-likeness (QED) is 0.303. The highest BCUT2D eigenvalue weighted by molar-refractivity contribution is 7.00. The Labute approximate surface area is 185 Å². The maximum Gasteiger partial charge on any atom is 0.249 e. The van der Waals surface area contributed by atoms with Gasteiger partial charge in [0.25, 0.3) is 0 Å². The molecule has 2 aromatic heterocycles. The van der Waals surface area contributed by atoms with Crippen LogP contribution in [0.25, 0.3) is 11.4 Å². The second-order valence-corrected chi connectivity index (χ2v) is 14.1. The molecule has 1 fully saturated rings. The van der Waals surface area contributed by atoms with Crippen molar-refractivity contribution in [2.45, 2.75) is 50.9 Å². The minimum absolute atomic E-state index is 0.487. The van der Waals surface area contributed by atoms with E-state index in [0.29, 0.717) is 12.1 Å². The summed E-state index contributed by atoms with van der Waals surface area (Å²) in [6.07, 6.45) is 18.6. The minimum atomic E-state index is -1.83. The van der Waals surface area contributed by atoms with Crippen molar-refractivity contribution >= 4 is 18.4 Å². The van der Waals surface area contributed by atoms with Crippen LogP contribution in [0.3, 0.4) is 0 Å². The van der Waals surface area contributed by atoms with Gasteiger partial charge >= 0.3 is 0 Å². The predicted octanol–water partition coefficient (Wildman–Crippen LogP) is 3.34. The lowest BCUT2D eigenvalue weighted by atomic mass is 9.90. The fourth-order valence-electron chi connectivity index (χ4n) is 5.50. The normalized spacial score (nSPS) is 21.6. The summed E-state index contributed by atoms with van der Waals surface area (Å²) in [6.45, 7) is 4.92. The Hall–Kier alpha value is -2.92. The Morgan fingerprint density at radius 1 is 0.742 bits per heavy atom. The summed E-state index contributed by atoms with van der Waals surface area (Å²) in [4.78, 5) is 0. The molecular weight excluding hydrogens is 396 g/mol. The van der Waals surface area contributed by atoms with Gasteiger partial charge in [0, 0.05) is 0 Å². The topological polar surface area (TPSA) is 17.6 Å². The van der Waals surface area contributed by atoms with Gasteiger partial charge in [0.15, 0.2) is 0 Å². The van der Waals surface area contributed by atoms with Crippen LogP contribution in [0.5, 0.6) is 0 Å². The first-order valence-electron chi connectivity index (χ1n) is 11.5. The Kier molecular flexibility index (Phi) is 4.28. The molecule has 1 aliphatic heterocycles. The summed E-state index contributed by atoms with van der Waals surface area (Å²) in [6, 6.07) is 19.3. The van der Waals surface area contributed by atoms with Gasteiger partial charge in [0.1, 0.15) is 56.3 Å². The third-order valence-corrected chi connectivity index (χ3v) is 11.0. The summed E-state index contributed by atoms with van der Waals surface area (Å²) in [7, 11) is -1.83. The molecule has 31 heavy (non-hydrogen) atoms. The zero-order valence-electron chi connectivity index (χ0n) is 18.4. The number of aromatic nitrogens is 4. The monoisotopic (exact) mass is 426 g/mol. The second-order valence-electron chi connectivity index (χ2n) is 9.68. The molecule has 4 aromatic rings. The molecule has 2 aromatic carbocycles. The van der Waals surface area contributed by atoms with E-state index in [0.717, 1.165) is 0 Å². The number of rotatable bonds is 0. The summed E-state index contributed by atoms with van der Waals surface area (Å²) in [5.74, 6) is 0. The molecule has 156 valence electrons. The molecule has 5 heteroatoms. The number of imidazole rings is 2. The molecule has 1 aliphatic carbocycles. The number of hydrogen-bond donors (Lipinski definition) is 0. The standard InChI is InChI=1S/C26H30N4Si/c1-31(2)23-9-5-7-21(17-23)27-13-15-29(19-27)25-11-3-4-12-26(25)30-16-14-28(20-30)22-8-6-10-24(31)18-22/h5-10,13-20,25-26H,3-4,11-12H2,1-2H3/q+2. The van der Waals surface area contributed by atoms with Crippen LogP contribution in [0.1, 0.15) is 37.8 Å². The van der Waals surface area contributed by atoms with E-state index in [9.17, 15) is 0 Å². The highest BCUT2D eigenvalue weighted by Crippen LogP contribution is 2.30. The Morgan fingerprint density at radius 2 is 1.23 bits per heavy atom. The lowest BCUT2D eigenvalue weighted by Crippen LogP contribution is -2.53. The highest BCUT2D eigenvalue weighted by Gasteiger charge is 2.35. The van der Waals surface area contributed by atoms with Crippen molar-refractivity contribution in [2.24, 2.45) is 0 Å². The zero-order chi connectivity index (χ0) is 21.0. The van der Waals surface area contributed by atoms with E-state index in [1.165, 1.54) is 47.4 Å². The average Bonchev–Trinajstić information content (AvgIpc) is 3.49. The van der Waals surface area contributed by atoms with Crippen molar-refractivity contribution in [3.8, 4) is 11.4 Å². The molecule has 4 nitrogen and oxygen atoms in total. The molecule has 0 radical (unpaired) electrons. The van der Waals surface area contributed by atoms with Crippen LogP contribution in [-0.4, -0.2) is 17.2 Å². The van der Waals surface area contributed by atoms with Crippen molar-refractivity contribution in [1.82, 2.24) is 9.13 Å². The molecule has 2 aliphatic rings. The van der Waals surface area contributed by atoms with Gasteiger partial charge in [0.05, 0.1) is 0 Å². The first-order chi connectivity index (χ1) is 15.1. The molecule has 0 N–H and O–H groups in total. The number of fused-ring (bicyclic) bond motifs is 13. The van der Waals surface area contributed by atoms with Gasteiger partial charge in [0.2, 0.25) is 12.7 Å². The third-order valence-electron chi connectivity index (χ3n) is 7.51. The first-order valence-corrected chi connectivity index (χ1v) is 14.5. The number of hydrogen-bond acceptors (Lipinski definition) is 0. The number of nitrogens with zero attached hydrogens (tertiary/aromatic N) is 4. The van der Waals surface area contributed by atoms with Gasteiger partial charge in [-0.05, 0) is 49.9 Å². The van der Waals surface area contributed by atoms with Crippen LogP contribution in [0.2, 0.25) is 13.1 Å². The van der Waals surface area contributed by atoms with Gasteiger partial charge in [-0.25, -0.2) is 18.3 Å². The lowest BCUT2D eigenvalue weighted by Gasteiger charge is -2.26. The highest BCUT2D eigenvalue weighted by atomic mass is 28.3. The molecule has 2 unspecified atom stereocenters. The average molecular weight is 427 g/mol. The molecule has 3 heterocycles. The van der Waals surface area contributed by atoms with Gasteiger partial charge in [-0.2, -0.15) is 0 Å². The molecule has 0 amide bonds. The van der Waals surface area contributed by atoms with Crippen LogP contribution in [0, 0.1) is 0 Å². The molecule has 8 bridgehead atoms. The van der Waals surface area contributed by atoms with Crippen molar-refractivity contribution < 1.29 is 9.13 Å². The van der Waals surface area contributed by atoms with Gasteiger partial charge < -0.3 is 0 Å². The summed E-state index contributed by atoms with van der Waals surface area (Å²) >= 11 is 0. The van der Waals surface area contributed by atoms with E-state index in [2.05, 4.69) is 117 Å². The number of benzene rings is 2. The lowest BCUT2D eigenvalue weighted by molar-refractivity contribution is -0.819. The van der Waals surface area contributed by atoms with Crippen molar-refractivity contribution in [3.05, 3.63) is 86.0 Å². The smallest absolute Gasteiger partial charge is 0.229 e. The molecule has 6 rings (SSSR count). The van der Waals surface area contributed by atoms with E-state index >= 15 is 0 Å². The Morgan fingerprint density at radius 3 is 1.71 bits per heavy atom. The third kappa shape index (κ3) is 3.10. The summed E-state index contributed by atoms with van der Waals surface area (Å²) in [5, 5.41) is 2.94. The predicted molar refractivity (Wildman–Crippen MR) is 125 cm³/mol. The van der Waals surface area contributed by atoms with Crippen LogP contribution in [-0.2, 0) is 0 Å². The zero-order valence-corrected chi connectivity index (χ0v) is 19.4. The maximum atomic E-state index is 2.46. The van der Waals surface area contributed by atoms with E-state index in [1.54, 1.807) is 0 Å². The van der Waals surface area contributed by atoms with Crippen LogP contribution in [0.4, 0.5) is 0 Å². The molecule has 0 saturated heterocycles. The summed E-state index contributed by atoms with van der Waals surface area (Å²) < 4.78 is 9.49. The van der Waals surface area contributed by atoms with Gasteiger partial charge in [-0.1, -0.05) is 47.7 Å². The van der Waals surface area contributed by atoms with E-state index in [1.807, 2.05) is 0 Å². The van der Waals surface area contributed by atoms with Crippen molar-refractivity contribution in [2.75, 3.05) is 0 Å². The van der Waals surface area contributed by atoms with E-state index in [4.69, 9.17) is 0 Å². The fraction of sp³-hybridized carbons (Fsp3) is 0.308. The van der Waals surface area contributed by atoms with Crippen molar-refractivity contribution in [1.29, 1.82) is 0 Å². The molecule has 1 saturated carbocycles. The largest absolute Gasteiger partial charge is 0.249 e. The maximum absolute atomic E-state index is 2.46. The fourth-order valence-corrected chi connectivity index (χ4v) is 7.88. The van der Waals surface area contributed by atoms with Crippen LogP contribution in [0.15, 0.2) is 86.0 Å². The minimum Gasteiger partial charge on any atom is -0.229 e. The molecular formula is C26H30N4Si+2. The van der Waals surface area contributed by atoms with E-state index in [-0.39, 0.29) is 0 Å². The van der Waals surface area contributed by atoms with Crippen LogP contribution >= 0.6 is 0 Å². The second kappa shape index (κ2) is 7.06. The van der Waals surface area contributed by atoms with Gasteiger partial charge in [-0.3, -0.25) is 0 Å². The molecule has 2 atom stereocenters. The SMILES string of the molecule is C[Si]1(C)c2cccc(c2)-n2cc[n+](c2)C2CCCCC2[n+]2ccn(c2)-c2cccc1c2. The van der Waals surface area contributed by atoms with Crippen LogP contribution < -0.4 is 19.5 Å². The van der Waals surface area contributed by atoms with Gasteiger partial charge in [-0.15, -0.1) is 0 Å². The van der Waals surface area contributed by atoms with E-state index < -0.39 is 8.07 Å².